The first-order valence-corrected chi connectivity index (χ1v) is 3.28. The lowest BCUT2D eigenvalue weighted by Gasteiger charge is -2.05. The van der Waals surface area contributed by atoms with Crippen molar-refractivity contribution in [3.8, 4) is 5.75 Å². The number of aromatic hydroxyl groups is 1. The molecule has 0 aliphatic heterocycles. The first kappa shape index (κ1) is 8.01. The van der Waals surface area contributed by atoms with E-state index in [1.165, 1.54) is 12.1 Å². The molecule has 1 aromatic carbocycles. The van der Waals surface area contributed by atoms with Gasteiger partial charge in [-0.15, -0.1) is 0 Å². The van der Waals surface area contributed by atoms with Crippen molar-refractivity contribution in [2.24, 2.45) is 0 Å². The molecule has 0 heterocycles. The van der Waals surface area contributed by atoms with Gasteiger partial charge in [0, 0.05) is 5.56 Å². The Morgan fingerprint density at radius 2 is 2.00 bits per heavy atom. The van der Waals surface area contributed by atoms with Crippen LogP contribution in [0.4, 0.5) is 4.39 Å². The lowest BCUT2D eigenvalue weighted by Crippen LogP contribution is -1.96. The van der Waals surface area contributed by atoms with E-state index < -0.39 is 12.8 Å². The van der Waals surface area contributed by atoms with Crippen LogP contribution >= 0.6 is 0 Å². The van der Waals surface area contributed by atoms with Gasteiger partial charge >= 0.3 is 0 Å². The van der Waals surface area contributed by atoms with Gasteiger partial charge in [-0.25, -0.2) is 4.39 Å². The number of benzene rings is 1. The zero-order valence-corrected chi connectivity index (χ0v) is 5.87. The summed E-state index contributed by atoms with van der Waals surface area (Å²) in [5, 5.41) is 17.5. The number of phenols is 1. The summed E-state index contributed by atoms with van der Waals surface area (Å²) in [6.45, 7) is -0.600. The Labute approximate surface area is 63.9 Å². The molecule has 0 saturated heterocycles. The van der Waals surface area contributed by atoms with Gasteiger partial charge in [-0.3, -0.25) is 0 Å². The molecule has 2 nitrogen and oxygen atoms in total. The number of alkyl halides is 1. The Kier molecular flexibility index (Phi) is 2.44. The fourth-order valence-electron chi connectivity index (χ4n) is 0.851. The second-order valence-corrected chi connectivity index (χ2v) is 2.21. The topological polar surface area (TPSA) is 40.5 Å². The molecular weight excluding hydrogens is 147 g/mol. The standard InChI is InChI=1S/C8H9FO2/c9-7(5-10)6-3-1-2-4-8(6)11/h1-4,7,10-11H,5H2. The maximum atomic E-state index is 12.7. The van der Waals surface area contributed by atoms with Crippen LogP contribution in [-0.4, -0.2) is 16.8 Å². The third-order valence-corrected chi connectivity index (χ3v) is 1.43. The first-order valence-electron chi connectivity index (χ1n) is 3.28. The van der Waals surface area contributed by atoms with Gasteiger partial charge in [-0.05, 0) is 6.07 Å². The average Bonchev–Trinajstić information content (AvgIpc) is 2.04. The maximum absolute atomic E-state index is 12.7. The summed E-state index contributed by atoms with van der Waals surface area (Å²) < 4.78 is 12.7. The number of halogens is 1. The molecule has 2 N–H and O–H groups in total. The van der Waals surface area contributed by atoms with E-state index in [2.05, 4.69) is 0 Å². The van der Waals surface area contributed by atoms with Crippen LogP contribution in [0.15, 0.2) is 24.3 Å². The third-order valence-electron chi connectivity index (χ3n) is 1.43. The first-order chi connectivity index (χ1) is 5.25. The van der Waals surface area contributed by atoms with Gasteiger partial charge in [0.1, 0.15) is 5.75 Å². The highest BCUT2D eigenvalue weighted by Crippen LogP contribution is 2.25. The maximum Gasteiger partial charge on any atom is 0.152 e. The minimum atomic E-state index is -1.49. The Hall–Kier alpha value is -1.09. The summed E-state index contributed by atoms with van der Waals surface area (Å²) in [6, 6.07) is 6.04. The van der Waals surface area contributed by atoms with Gasteiger partial charge in [0.05, 0.1) is 6.61 Å². The molecule has 60 valence electrons. The normalized spacial score (nSPS) is 12.9. The van der Waals surface area contributed by atoms with E-state index in [0.717, 1.165) is 0 Å². The Balaban J connectivity index is 2.93. The highest BCUT2D eigenvalue weighted by molar-refractivity contribution is 5.33. The number of aliphatic hydroxyl groups excluding tert-OH is 1. The summed E-state index contributed by atoms with van der Waals surface area (Å²) in [5.41, 5.74) is 0.134. The Morgan fingerprint density at radius 3 is 2.55 bits per heavy atom. The van der Waals surface area contributed by atoms with E-state index in [1.54, 1.807) is 12.1 Å². The van der Waals surface area contributed by atoms with Crippen LogP contribution in [0.1, 0.15) is 11.7 Å². The molecule has 1 atom stereocenters. The van der Waals surface area contributed by atoms with Gasteiger partial charge in [-0.1, -0.05) is 18.2 Å². The van der Waals surface area contributed by atoms with Crippen LogP contribution in [0.25, 0.3) is 0 Å². The highest BCUT2D eigenvalue weighted by atomic mass is 19.1. The number of aliphatic hydroxyl groups is 1. The average molecular weight is 156 g/mol. The Morgan fingerprint density at radius 1 is 1.36 bits per heavy atom. The molecule has 0 aliphatic rings. The fourth-order valence-corrected chi connectivity index (χ4v) is 0.851. The van der Waals surface area contributed by atoms with Crippen LogP contribution in [0.3, 0.4) is 0 Å². The van der Waals surface area contributed by atoms with Crippen molar-refractivity contribution in [2.75, 3.05) is 6.61 Å². The van der Waals surface area contributed by atoms with E-state index in [1.807, 2.05) is 0 Å². The van der Waals surface area contributed by atoms with Crippen molar-refractivity contribution >= 4 is 0 Å². The molecular formula is C8H9FO2. The van der Waals surface area contributed by atoms with Crippen molar-refractivity contribution in [2.45, 2.75) is 6.17 Å². The summed E-state index contributed by atoms with van der Waals surface area (Å²) in [6.07, 6.45) is -1.49. The van der Waals surface area contributed by atoms with Crippen LogP contribution in [0.2, 0.25) is 0 Å². The summed E-state index contributed by atoms with van der Waals surface area (Å²) in [4.78, 5) is 0. The van der Waals surface area contributed by atoms with Crippen molar-refractivity contribution < 1.29 is 14.6 Å². The summed E-state index contributed by atoms with van der Waals surface area (Å²) in [7, 11) is 0. The lowest BCUT2D eigenvalue weighted by molar-refractivity contribution is 0.177. The molecule has 0 aliphatic carbocycles. The molecule has 0 spiro atoms. The van der Waals surface area contributed by atoms with Gasteiger partial charge in [-0.2, -0.15) is 0 Å². The minimum Gasteiger partial charge on any atom is -0.508 e. The molecule has 3 heteroatoms. The molecule has 0 saturated carbocycles. The lowest BCUT2D eigenvalue weighted by atomic mass is 10.1. The van der Waals surface area contributed by atoms with E-state index >= 15 is 0 Å². The number of hydrogen-bond donors (Lipinski definition) is 2. The highest BCUT2D eigenvalue weighted by Gasteiger charge is 2.11. The van der Waals surface area contributed by atoms with E-state index in [9.17, 15) is 4.39 Å². The van der Waals surface area contributed by atoms with E-state index in [4.69, 9.17) is 10.2 Å². The van der Waals surface area contributed by atoms with Crippen LogP contribution < -0.4 is 0 Å². The largest absolute Gasteiger partial charge is 0.508 e. The molecule has 1 unspecified atom stereocenters. The second kappa shape index (κ2) is 3.34. The third kappa shape index (κ3) is 1.68. The SMILES string of the molecule is OCC(F)c1ccccc1O. The number of rotatable bonds is 2. The predicted octanol–water partition coefficient (Wildman–Crippen LogP) is 1.40. The van der Waals surface area contributed by atoms with E-state index in [-0.39, 0.29) is 11.3 Å². The molecule has 0 radical (unpaired) electrons. The monoisotopic (exact) mass is 156 g/mol. The zero-order valence-electron chi connectivity index (χ0n) is 5.87. The van der Waals surface area contributed by atoms with Crippen LogP contribution in [0.5, 0.6) is 5.75 Å². The number of hydrogen-bond acceptors (Lipinski definition) is 2. The molecule has 0 bridgehead atoms. The second-order valence-electron chi connectivity index (χ2n) is 2.21. The summed E-state index contributed by atoms with van der Waals surface area (Å²) in [5.74, 6) is -0.117. The quantitative estimate of drug-likeness (QED) is 0.679. The van der Waals surface area contributed by atoms with Gasteiger partial charge in [0.2, 0.25) is 0 Å². The smallest absolute Gasteiger partial charge is 0.152 e. The number of phenolic OH excluding ortho intramolecular Hbond substituents is 1. The fraction of sp³-hybridized carbons (Fsp3) is 0.250. The van der Waals surface area contributed by atoms with E-state index in [0.29, 0.717) is 0 Å². The predicted molar refractivity (Wildman–Crippen MR) is 39.0 cm³/mol. The van der Waals surface area contributed by atoms with Crippen molar-refractivity contribution in [3.05, 3.63) is 29.8 Å². The molecule has 0 fully saturated rings. The molecule has 1 rings (SSSR count). The molecule has 0 aromatic heterocycles. The molecule has 0 amide bonds. The molecule has 11 heavy (non-hydrogen) atoms. The van der Waals surface area contributed by atoms with Gasteiger partial charge < -0.3 is 10.2 Å². The molecule has 1 aromatic rings. The van der Waals surface area contributed by atoms with Crippen LogP contribution in [0, 0.1) is 0 Å². The van der Waals surface area contributed by atoms with Gasteiger partial charge in [0.15, 0.2) is 6.17 Å². The van der Waals surface area contributed by atoms with Crippen molar-refractivity contribution in [1.82, 2.24) is 0 Å². The van der Waals surface area contributed by atoms with Crippen molar-refractivity contribution in [3.63, 3.8) is 0 Å². The van der Waals surface area contributed by atoms with Crippen LogP contribution in [-0.2, 0) is 0 Å². The summed E-state index contributed by atoms with van der Waals surface area (Å²) >= 11 is 0. The van der Waals surface area contributed by atoms with Crippen molar-refractivity contribution in [1.29, 1.82) is 0 Å². The number of para-hydroxylation sites is 1. The Bertz CT molecular complexity index is 237. The van der Waals surface area contributed by atoms with Gasteiger partial charge in [0.25, 0.3) is 0 Å². The zero-order chi connectivity index (χ0) is 8.27. The minimum absolute atomic E-state index is 0.117.